The smallest absolute Gasteiger partial charge is 0.158 e. The summed E-state index contributed by atoms with van der Waals surface area (Å²) in [4.78, 5) is 11.6. The van der Waals surface area contributed by atoms with Gasteiger partial charge in [0, 0.05) is 6.42 Å². The lowest BCUT2D eigenvalue weighted by Crippen LogP contribution is -2.19. The number of Topliss-reactive ketones (excluding diaryl/α,β-unsaturated/α-hetero) is 1. The molecule has 1 aliphatic rings. The molecule has 80 valence electrons. The second kappa shape index (κ2) is 4.77. The molecule has 0 amide bonds. The zero-order valence-electron chi connectivity index (χ0n) is 9.73. The Bertz CT molecular complexity index is 236. The maximum absolute atomic E-state index is 11.6. The number of hydrogen-bond donors (Lipinski definition) is 0. The van der Waals surface area contributed by atoms with Crippen molar-refractivity contribution < 1.29 is 4.79 Å². The summed E-state index contributed by atoms with van der Waals surface area (Å²) in [6.07, 6.45) is 8.61. The lowest BCUT2D eigenvalue weighted by Gasteiger charge is -2.26. The van der Waals surface area contributed by atoms with Crippen molar-refractivity contribution in [3.8, 4) is 0 Å². The van der Waals surface area contributed by atoms with E-state index in [4.69, 9.17) is 0 Å². The monoisotopic (exact) mass is 194 g/mol. The molecule has 0 unspecified atom stereocenters. The van der Waals surface area contributed by atoms with Crippen LogP contribution < -0.4 is 0 Å². The van der Waals surface area contributed by atoms with Crippen LogP contribution in [0, 0.1) is 5.41 Å². The fourth-order valence-electron chi connectivity index (χ4n) is 2.00. The Hall–Kier alpha value is -0.590. The summed E-state index contributed by atoms with van der Waals surface area (Å²) in [5.74, 6) is 0.389. The van der Waals surface area contributed by atoms with Crippen LogP contribution in [-0.2, 0) is 4.79 Å². The average molecular weight is 194 g/mol. The number of ketones is 1. The van der Waals surface area contributed by atoms with Crippen LogP contribution in [0.5, 0.6) is 0 Å². The van der Waals surface area contributed by atoms with E-state index in [0.717, 1.165) is 24.8 Å². The van der Waals surface area contributed by atoms with Gasteiger partial charge in [0.15, 0.2) is 5.78 Å². The number of unbranched alkanes of at least 4 members (excludes halogenated alkanes) is 2. The predicted octanol–water partition coefficient (Wildman–Crippen LogP) is 3.88. The maximum Gasteiger partial charge on any atom is 0.158 e. The van der Waals surface area contributed by atoms with Crippen molar-refractivity contribution in [3.63, 3.8) is 0 Å². The molecule has 0 bridgehead atoms. The van der Waals surface area contributed by atoms with Gasteiger partial charge in [0.05, 0.1) is 0 Å². The van der Waals surface area contributed by atoms with Crippen LogP contribution >= 0.6 is 0 Å². The first-order valence-electron chi connectivity index (χ1n) is 5.80. The molecule has 0 aliphatic heterocycles. The van der Waals surface area contributed by atoms with E-state index in [-0.39, 0.29) is 5.41 Å². The molecule has 0 fully saturated rings. The Morgan fingerprint density at radius 2 is 2.07 bits per heavy atom. The highest BCUT2D eigenvalue weighted by Gasteiger charge is 2.24. The second-order valence-electron chi connectivity index (χ2n) is 5.04. The van der Waals surface area contributed by atoms with Crippen molar-refractivity contribution in [1.82, 2.24) is 0 Å². The van der Waals surface area contributed by atoms with Crippen molar-refractivity contribution in [2.75, 3.05) is 0 Å². The van der Waals surface area contributed by atoms with Gasteiger partial charge in [-0.25, -0.2) is 0 Å². The lowest BCUT2D eigenvalue weighted by atomic mass is 9.78. The number of rotatable bonds is 4. The number of carbonyl (C=O) groups excluding carboxylic acids is 1. The van der Waals surface area contributed by atoms with Gasteiger partial charge in [0.1, 0.15) is 0 Å². The molecule has 0 radical (unpaired) electrons. The molecule has 0 saturated carbocycles. The molecule has 1 heteroatoms. The van der Waals surface area contributed by atoms with E-state index in [1.165, 1.54) is 19.3 Å². The third kappa shape index (κ3) is 3.28. The molecular weight excluding hydrogens is 172 g/mol. The lowest BCUT2D eigenvalue weighted by molar-refractivity contribution is -0.116. The van der Waals surface area contributed by atoms with Crippen LogP contribution in [0.15, 0.2) is 11.6 Å². The van der Waals surface area contributed by atoms with Gasteiger partial charge < -0.3 is 0 Å². The van der Waals surface area contributed by atoms with E-state index >= 15 is 0 Å². The third-order valence-electron chi connectivity index (χ3n) is 2.97. The standard InChI is InChI=1S/C13H22O/c1-4-5-6-7-11-10-13(2,3)9-8-12(11)14/h10H,4-9H2,1-3H3. The molecular formula is C13H22O. The average Bonchev–Trinajstić information content (AvgIpc) is 2.11. The van der Waals surface area contributed by atoms with Crippen LogP contribution in [0.25, 0.3) is 0 Å². The first-order chi connectivity index (χ1) is 6.55. The summed E-state index contributed by atoms with van der Waals surface area (Å²) in [7, 11) is 0. The first-order valence-corrected chi connectivity index (χ1v) is 5.80. The molecule has 1 aliphatic carbocycles. The molecule has 0 N–H and O–H groups in total. The molecule has 0 spiro atoms. The van der Waals surface area contributed by atoms with E-state index in [0.29, 0.717) is 5.78 Å². The summed E-state index contributed by atoms with van der Waals surface area (Å²) in [5, 5.41) is 0. The van der Waals surface area contributed by atoms with Crippen LogP contribution in [0.4, 0.5) is 0 Å². The van der Waals surface area contributed by atoms with Gasteiger partial charge in [0.2, 0.25) is 0 Å². The van der Waals surface area contributed by atoms with Gasteiger partial charge in [-0.05, 0) is 30.3 Å². The van der Waals surface area contributed by atoms with Crippen LogP contribution in [-0.4, -0.2) is 5.78 Å². The molecule has 0 saturated heterocycles. The fourth-order valence-corrected chi connectivity index (χ4v) is 2.00. The fraction of sp³-hybridized carbons (Fsp3) is 0.769. The van der Waals surface area contributed by atoms with Crippen molar-refractivity contribution in [2.24, 2.45) is 5.41 Å². The summed E-state index contributed by atoms with van der Waals surface area (Å²) in [6, 6.07) is 0. The van der Waals surface area contributed by atoms with E-state index in [9.17, 15) is 4.79 Å². The highest BCUT2D eigenvalue weighted by molar-refractivity contribution is 5.96. The van der Waals surface area contributed by atoms with Gasteiger partial charge in [-0.2, -0.15) is 0 Å². The van der Waals surface area contributed by atoms with Crippen LogP contribution in [0.3, 0.4) is 0 Å². The number of carbonyl (C=O) groups is 1. The SMILES string of the molecule is CCCCCC1=CC(C)(C)CCC1=O. The Balaban J connectivity index is 2.55. The predicted molar refractivity (Wildman–Crippen MR) is 60.2 cm³/mol. The minimum atomic E-state index is 0.245. The minimum Gasteiger partial charge on any atom is -0.295 e. The van der Waals surface area contributed by atoms with E-state index in [1.807, 2.05) is 0 Å². The maximum atomic E-state index is 11.6. The largest absolute Gasteiger partial charge is 0.295 e. The zero-order valence-corrected chi connectivity index (χ0v) is 9.73. The minimum absolute atomic E-state index is 0.245. The summed E-state index contributed by atoms with van der Waals surface area (Å²) >= 11 is 0. The van der Waals surface area contributed by atoms with E-state index < -0.39 is 0 Å². The summed E-state index contributed by atoms with van der Waals surface area (Å²) in [6.45, 7) is 6.64. The topological polar surface area (TPSA) is 17.1 Å². The summed E-state index contributed by atoms with van der Waals surface area (Å²) < 4.78 is 0. The van der Waals surface area contributed by atoms with Crippen molar-refractivity contribution in [1.29, 1.82) is 0 Å². The van der Waals surface area contributed by atoms with Gasteiger partial charge in [-0.1, -0.05) is 39.7 Å². The Kier molecular flexibility index (Phi) is 3.91. The third-order valence-corrected chi connectivity index (χ3v) is 2.97. The molecule has 0 aromatic carbocycles. The van der Waals surface area contributed by atoms with Gasteiger partial charge >= 0.3 is 0 Å². The molecule has 1 rings (SSSR count). The number of allylic oxidation sites excluding steroid dienone is 2. The van der Waals surface area contributed by atoms with Gasteiger partial charge in [-0.3, -0.25) is 4.79 Å². The second-order valence-corrected chi connectivity index (χ2v) is 5.04. The molecule has 14 heavy (non-hydrogen) atoms. The Labute approximate surface area is 87.6 Å². The van der Waals surface area contributed by atoms with Crippen molar-refractivity contribution in [2.45, 2.75) is 59.3 Å². The highest BCUT2D eigenvalue weighted by atomic mass is 16.1. The molecule has 0 aromatic rings. The Morgan fingerprint density at radius 3 is 2.71 bits per heavy atom. The summed E-state index contributed by atoms with van der Waals surface area (Å²) in [5.41, 5.74) is 1.34. The van der Waals surface area contributed by atoms with Gasteiger partial charge in [-0.15, -0.1) is 0 Å². The Morgan fingerprint density at radius 1 is 1.36 bits per heavy atom. The molecule has 0 aromatic heterocycles. The molecule has 0 atom stereocenters. The quantitative estimate of drug-likeness (QED) is 0.621. The van der Waals surface area contributed by atoms with Crippen LogP contribution in [0.1, 0.15) is 59.3 Å². The van der Waals surface area contributed by atoms with Gasteiger partial charge in [0.25, 0.3) is 0 Å². The van der Waals surface area contributed by atoms with E-state index in [1.54, 1.807) is 0 Å². The van der Waals surface area contributed by atoms with Crippen LogP contribution in [0.2, 0.25) is 0 Å². The number of hydrogen-bond acceptors (Lipinski definition) is 1. The molecule has 0 heterocycles. The normalized spacial score (nSPS) is 20.8. The van der Waals surface area contributed by atoms with E-state index in [2.05, 4.69) is 26.8 Å². The molecule has 1 nitrogen and oxygen atoms in total. The first kappa shape index (κ1) is 11.5. The van der Waals surface area contributed by atoms with Crippen molar-refractivity contribution in [3.05, 3.63) is 11.6 Å². The van der Waals surface area contributed by atoms with Crippen molar-refractivity contribution >= 4 is 5.78 Å². The highest BCUT2D eigenvalue weighted by Crippen LogP contribution is 2.32. The zero-order chi connectivity index (χ0) is 10.6.